The Morgan fingerprint density at radius 2 is 1.85 bits per heavy atom. The smallest absolute Gasteiger partial charge is 0.0184 e. The highest BCUT2D eigenvalue weighted by atomic mass is 32.2. The molecule has 0 aliphatic carbocycles. The van der Waals surface area contributed by atoms with Crippen LogP contribution in [0.5, 0.6) is 0 Å². The average molecular weight is 200 g/mol. The Morgan fingerprint density at radius 3 is 2.46 bits per heavy atom. The summed E-state index contributed by atoms with van der Waals surface area (Å²) in [6.07, 6.45) is 2.65. The van der Waals surface area contributed by atoms with Crippen molar-refractivity contribution in [3.8, 4) is 0 Å². The number of benzene rings is 1. The molecule has 0 nitrogen and oxygen atoms in total. The highest BCUT2D eigenvalue weighted by Crippen LogP contribution is 2.12. The Bertz CT molecular complexity index is 199. The van der Waals surface area contributed by atoms with Crippen molar-refractivity contribution in [2.75, 3.05) is 5.75 Å². The Kier molecular flexibility index (Phi) is 7.80. The number of halogens is 1. The van der Waals surface area contributed by atoms with Crippen LogP contribution in [0.1, 0.15) is 25.3 Å². The van der Waals surface area contributed by atoms with E-state index in [1.54, 1.807) is 0 Å². The second kappa shape index (κ2) is 8.11. The minimum absolute atomic E-state index is 0. The van der Waals surface area contributed by atoms with Crippen molar-refractivity contribution in [2.45, 2.75) is 25.5 Å². The molecule has 0 fully saturated rings. The lowest BCUT2D eigenvalue weighted by Crippen LogP contribution is -1.81. The van der Waals surface area contributed by atoms with Gasteiger partial charge < -0.3 is 0 Å². The van der Waals surface area contributed by atoms with Crippen LogP contribution in [0.25, 0.3) is 0 Å². The molecule has 0 aromatic heterocycles. The van der Waals surface area contributed by atoms with Gasteiger partial charge in [-0.3, -0.25) is 4.70 Å². The van der Waals surface area contributed by atoms with Gasteiger partial charge in [-0.2, -0.15) is 11.8 Å². The summed E-state index contributed by atoms with van der Waals surface area (Å²) in [6.45, 7) is 2.24. The third-order valence-corrected chi connectivity index (χ3v) is 2.87. The second-order valence-corrected chi connectivity index (χ2v) is 4.00. The summed E-state index contributed by atoms with van der Waals surface area (Å²) in [6, 6.07) is 10.7. The van der Waals surface area contributed by atoms with Crippen LogP contribution in [0.4, 0.5) is 4.70 Å². The number of hydrogen-bond donors (Lipinski definition) is 0. The molecule has 0 bridgehead atoms. The summed E-state index contributed by atoms with van der Waals surface area (Å²) in [5.74, 6) is 2.46. The van der Waals surface area contributed by atoms with Gasteiger partial charge in [-0.1, -0.05) is 43.7 Å². The van der Waals surface area contributed by atoms with Crippen LogP contribution in [-0.2, 0) is 5.75 Å². The van der Waals surface area contributed by atoms with Gasteiger partial charge in [0, 0.05) is 5.75 Å². The van der Waals surface area contributed by atoms with Gasteiger partial charge >= 0.3 is 0 Å². The first kappa shape index (κ1) is 12.5. The standard InChI is InChI=1S/C11H16S.FH/c1-2-3-9-12-10-11-7-5-4-6-8-11;/h4-8H,2-3,9-10H2,1H3;1H. The number of hydrogen-bond acceptors (Lipinski definition) is 1. The van der Waals surface area contributed by atoms with Crippen molar-refractivity contribution >= 4 is 11.8 Å². The van der Waals surface area contributed by atoms with Crippen molar-refractivity contribution in [1.29, 1.82) is 0 Å². The lowest BCUT2D eigenvalue weighted by Gasteiger charge is -1.99. The normalized spacial score (nSPS) is 9.31. The molecule has 0 radical (unpaired) electrons. The second-order valence-electron chi connectivity index (χ2n) is 2.89. The van der Waals surface area contributed by atoms with E-state index >= 15 is 0 Å². The van der Waals surface area contributed by atoms with E-state index < -0.39 is 0 Å². The van der Waals surface area contributed by atoms with Gasteiger partial charge in [-0.25, -0.2) is 0 Å². The topological polar surface area (TPSA) is 0 Å². The molecule has 0 N–H and O–H groups in total. The monoisotopic (exact) mass is 200 g/mol. The van der Waals surface area contributed by atoms with Crippen LogP contribution in [0.15, 0.2) is 30.3 Å². The van der Waals surface area contributed by atoms with Gasteiger partial charge in [0.25, 0.3) is 0 Å². The molecule has 0 aliphatic heterocycles. The first-order valence-electron chi connectivity index (χ1n) is 4.55. The van der Waals surface area contributed by atoms with E-state index in [1.807, 2.05) is 11.8 Å². The molecule has 1 rings (SSSR count). The summed E-state index contributed by atoms with van der Waals surface area (Å²) >= 11 is 2.03. The van der Waals surface area contributed by atoms with Gasteiger partial charge in [-0.15, -0.1) is 0 Å². The lowest BCUT2D eigenvalue weighted by molar-refractivity contribution is 0.896. The number of rotatable bonds is 5. The molecule has 0 aliphatic rings. The highest BCUT2D eigenvalue weighted by Gasteiger charge is 1.90. The quantitative estimate of drug-likeness (QED) is 0.650. The molecular weight excluding hydrogens is 183 g/mol. The van der Waals surface area contributed by atoms with Crippen LogP contribution in [-0.4, -0.2) is 5.75 Å². The molecule has 0 unspecified atom stereocenters. The predicted molar refractivity (Wildman–Crippen MR) is 60.0 cm³/mol. The van der Waals surface area contributed by atoms with Crippen molar-refractivity contribution in [2.24, 2.45) is 0 Å². The van der Waals surface area contributed by atoms with Crippen LogP contribution in [0.2, 0.25) is 0 Å². The molecular formula is C11H17FS. The zero-order valence-electron chi connectivity index (χ0n) is 8.03. The molecule has 0 saturated heterocycles. The zero-order valence-corrected chi connectivity index (χ0v) is 8.85. The summed E-state index contributed by atoms with van der Waals surface area (Å²) < 4.78 is 0. The van der Waals surface area contributed by atoms with Crippen molar-refractivity contribution in [3.63, 3.8) is 0 Å². The van der Waals surface area contributed by atoms with Gasteiger partial charge in [0.05, 0.1) is 0 Å². The van der Waals surface area contributed by atoms with Crippen LogP contribution in [0.3, 0.4) is 0 Å². The molecule has 1 aromatic carbocycles. The summed E-state index contributed by atoms with van der Waals surface area (Å²) in [5.41, 5.74) is 1.44. The Balaban J connectivity index is 0.00000144. The fourth-order valence-corrected chi connectivity index (χ4v) is 2.08. The van der Waals surface area contributed by atoms with E-state index in [0.29, 0.717) is 0 Å². The maximum atomic E-state index is 2.24. The van der Waals surface area contributed by atoms with E-state index in [2.05, 4.69) is 37.3 Å². The van der Waals surface area contributed by atoms with Crippen LogP contribution < -0.4 is 0 Å². The van der Waals surface area contributed by atoms with Gasteiger partial charge in [0.1, 0.15) is 0 Å². The molecule has 0 saturated carbocycles. The maximum Gasteiger partial charge on any atom is 0.0184 e. The maximum absolute atomic E-state index is 2.24. The molecule has 0 heterocycles. The lowest BCUT2D eigenvalue weighted by atomic mass is 10.2. The fourth-order valence-electron chi connectivity index (χ4n) is 1.01. The van der Waals surface area contributed by atoms with Crippen molar-refractivity contribution < 1.29 is 4.70 Å². The number of thioether (sulfide) groups is 1. The van der Waals surface area contributed by atoms with Gasteiger partial charge in [-0.05, 0) is 17.7 Å². The minimum Gasteiger partial charge on any atom is -0.269 e. The molecule has 0 spiro atoms. The van der Waals surface area contributed by atoms with E-state index in [-0.39, 0.29) is 4.70 Å². The largest absolute Gasteiger partial charge is 0.269 e. The number of unbranched alkanes of at least 4 members (excludes halogenated alkanes) is 1. The first-order valence-corrected chi connectivity index (χ1v) is 5.70. The summed E-state index contributed by atoms with van der Waals surface area (Å²) in [4.78, 5) is 0. The fraction of sp³-hybridized carbons (Fsp3) is 0.455. The van der Waals surface area contributed by atoms with Gasteiger partial charge in [0.15, 0.2) is 0 Å². The Labute approximate surface area is 84.1 Å². The third kappa shape index (κ3) is 5.69. The Hall–Kier alpha value is -0.500. The van der Waals surface area contributed by atoms with E-state index in [4.69, 9.17) is 0 Å². The summed E-state index contributed by atoms with van der Waals surface area (Å²) in [7, 11) is 0. The zero-order chi connectivity index (χ0) is 8.65. The van der Waals surface area contributed by atoms with E-state index in [0.717, 1.165) is 0 Å². The molecule has 13 heavy (non-hydrogen) atoms. The van der Waals surface area contributed by atoms with Crippen LogP contribution >= 0.6 is 11.8 Å². The van der Waals surface area contributed by atoms with E-state index in [9.17, 15) is 0 Å². The average Bonchev–Trinajstić information content (AvgIpc) is 2.14. The molecule has 74 valence electrons. The highest BCUT2D eigenvalue weighted by molar-refractivity contribution is 7.98. The third-order valence-electron chi connectivity index (χ3n) is 1.75. The van der Waals surface area contributed by atoms with E-state index in [1.165, 1.54) is 29.9 Å². The Morgan fingerprint density at radius 1 is 1.15 bits per heavy atom. The van der Waals surface area contributed by atoms with Gasteiger partial charge in [0.2, 0.25) is 0 Å². The molecule has 0 amide bonds. The molecule has 0 atom stereocenters. The van der Waals surface area contributed by atoms with Crippen molar-refractivity contribution in [1.82, 2.24) is 0 Å². The molecule has 1 aromatic rings. The predicted octanol–water partition coefficient (Wildman–Crippen LogP) is 3.87. The SMILES string of the molecule is CCCCSCc1ccccc1.F. The molecule has 2 heteroatoms. The van der Waals surface area contributed by atoms with Crippen molar-refractivity contribution in [3.05, 3.63) is 35.9 Å². The minimum atomic E-state index is 0. The van der Waals surface area contributed by atoms with Crippen LogP contribution in [0, 0.1) is 0 Å². The first-order chi connectivity index (χ1) is 5.93. The summed E-state index contributed by atoms with van der Waals surface area (Å²) in [5, 5.41) is 0.